The van der Waals surface area contributed by atoms with Gasteiger partial charge in [-0.1, -0.05) is 111 Å². The molecule has 2 aliphatic rings. The first-order chi connectivity index (χ1) is 20.2. The van der Waals surface area contributed by atoms with E-state index in [1.54, 1.807) is 18.2 Å². The van der Waals surface area contributed by atoms with Gasteiger partial charge in [-0.05, 0) is 41.6 Å². The average molecular weight is 602 g/mol. The summed E-state index contributed by atoms with van der Waals surface area (Å²) in [6, 6.07) is 23.3. The van der Waals surface area contributed by atoms with E-state index in [-0.39, 0.29) is 52.6 Å². The molecule has 1 amide bonds. The second kappa shape index (κ2) is 13.0. The molecule has 4 unspecified atom stereocenters. The number of hydrogen-bond acceptors (Lipinski definition) is 5. The summed E-state index contributed by atoms with van der Waals surface area (Å²) < 4.78 is 5.58. The fourth-order valence-electron chi connectivity index (χ4n) is 5.21. The zero-order valence-electron chi connectivity index (χ0n) is 23.4. The van der Waals surface area contributed by atoms with Gasteiger partial charge >= 0.3 is 5.97 Å². The number of carbonyl (C=O) groups is 2. The minimum atomic E-state index is -0.986. The van der Waals surface area contributed by atoms with Crippen molar-refractivity contribution in [3.05, 3.63) is 130 Å². The van der Waals surface area contributed by atoms with Gasteiger partial charge in [0.15, 0.2) is 0 Å². The number of esters is 1. The number of amides is 1. The number of rotatable bonds is 10. The number of halogens is 1. The SMILES string of the molecule is Cc1cccc(C[C@H](NC(=O)C2=C(Cl)C(C)C(C3=CC3Pc3cccc(O)c3)C=C2O)C(=O)OCc2ccccc2)c1. The monoisotopic (exact) mass is 601 g/mol. The third kappa shape index (κ3) is 7.13. The molecule has 0 saturated heterocycles. The van der Waals surface area contributed by atoms with E-state index >= 15 is 0 Å². The number of phenols is 1. The Morgan fingerprint density at radius 3 is 2.45 bits per heavy atom. The fraction of sp³-hybridized carbons (Fsp3) is 0.235. The van der Waals surface area contributed by atoms with Gasteiger partial charge in [-0.25, -0.2) is 4.79 Å². The van der Waals surface area contributed by atoms with Crippen LogP contribution in [0.25, 0.3) is 0 Å². The Balaban J connectivity index is 1.29. The number of allylic oxidation sites excluding steroid dienone is 4. The van der Waals surface area contributed by atoms with Crippen molar-refractivity contribution in [2.45, 2.75) is 38.6 Å². The summed E-state index contributed by atoms with van der Waals surface area (Å²) in [6.45, 7) is 3.96. The molecule has 0 spiro atoms. The van der Waals surface area contributed by atoms with Crippen molar-refractivity contribution in [3.8, 4) is 5.75 Å². The standard InChI is InChI=1S/C34H33ClNO5P/c1-20-8-6-11-23(14-20)15-28(34(40)41-19-22-9-4-3-5-10-22)36-33(39)31-29(38)17-26(21(2)32(31)35)27-18-30(27)42-25-13-7-12-24(37)16-25/h3-14,16-18,21,26,28,30,37-38,42H,15,19H2,1-2H3,(H,36,39)/t21?,26?,28-,30?/m0/s1. The number of nitrogens with one attached hydrogen (secondary N) is 1. The molecular weight excluding hydrogens is 569 g/mol. The zero-order chi connectivity index (χ0) is 29.8. The lowest BCUT2D eigenvalue weighted by Gasteiger charge is -2.28. The van der Waals surface area contributed by atoms with Crippen LogP contribution in [0.2, 0.25) is 0 Å². The van der Waals surface area contributed by atoms with Crippen molar-refractivity contribution in [1.29, 1.82) is 0 Å². The molecule has 216 valence electrons. The highest BCUT2D eigenvalue weighted by Crippen LogP contribution is 2.49. The number of benzene rings is 3. The van der Waals surface area contributed by atoms with Crippen LogP contribution in [0.5, 0.6) is 5.75 Å². The summed E-state index contributed by atoms with van der Waals surface area (Å²) in [5, 5.41) is 24.9. The van der Waals surface area contributed by atoms with Crippen molar-refractivity contribution >= 4 is 37.4 Å². The van der Waals surface area contributed by atoms with Crippen LogP contribution in [0, 0.1) is 18.8 Å². The Labute approximate surface area is 252 Å². The maximum absolute atomic E-state index is 13.5. The highest BCUT2D eigenvalue weighted by atomic mass is 35.5. The molecule has 42 heavy (non-hydrogen) atoms. The number of aliphatic hydroxyl groups is 1. The molecule has 3 N–H and O–H groups in total. The minimum absolute atomic E-state index is 0.0289. The molecule has 0 heterocycles. The third-order valence-electron chi connectivity index (χ3n) is 7.50. The molecule has 0 fully saturated rings. The predicted molar refractivity (Wildman–Crippen MR) is 167 cm³/mol. The smallest absolute Gasteiger partial charge is 0.329 e. The first-order valence-electron chi connectivity index (χ1n) is 13.8. The molecule has 2 aliphatic carbocycles. The molecule has 0 bridgehead atoms. The Kier molecular flexibility index (Phi) is 9.15. The second-order valence-corrected chi connectivity index (χ2v) is 12.6. The van der Waals surface area contributed by atoms with E-state index in [1.807, 2.05) is 80.6 Å². The fourth-order valence-corrected chi connectivity index (χ4v) is 6.94. The molecule has 0 aliphatic heterocycles. The van der Waals surface area contributed by atoms with Crippen LogP contribution in [0.4, 0.5) is 0 Å². The number of ether oxygens (including phenoxy) is 1. The number of phenolic OH excluding ortho intramolecular Hbond substituents is 1. The van der Waals surface area contributed by atoms with Gasteiger partial charge < -0.3 is 20.3 Å². The lowest BCUT2D eigenvalue weighted by molar-refractivity contribution is -0.148. The summed E-state index contributed by atoms with van der Waals surface area (Å²) in [5.41, 5.74) is 4.08. The summed E-state index contributed by atoms with van der Waals surface area (Å²) in [5.74, 6) is -1.57. The average Bonchev–Trinajstić information content (AvgIpc) is 3.72. The molecular formula is C34H33ClNO5P. The maximum atomic E-state index is 13.5. The normalized spacial score (nSPS) is 20.6. The largest absolute Gasteiger partial charge is 0.508 e. The molecule has 6 nitrogen and oxygen atoms in total. The van der Waals surface area contributed by atoms with Crippen LogP contribution in [0.1, 0.15) is 23.6 Å². The van der Waals surface area contributed by atoms with Crippen molar-refractivity contribution in [2.75, 3.05) is 0 Å². The van der Waals surface area contributed by atoms with E-state index in [1.165, 1.54) is 0 Å². The van der Waals surface area contributed by atoms with Crippen LogP contribution in [-0.4, -0.2) is 33.8 Å². The molecule has 3 aromatic rings. The van der Waals surface area contributed by atoms with Gasteiger partial charge in [0, 0.05) is 28.9 Å². The van der Waals surface area contributed by atoms with Crippen molar-refractivity contribution in [3.63, 3.8) is 0 Å². The Morgan fingerprint density at radius 2 is 1.71 bits per heavy atom. The van der Waals surface area contributed by atoms with E-state index in [9.17, 15) is 19.8 Å². The third-order valence-corrected chi connectivity index (χ3v) is 9.48. The Bertz CT molecular complexity index is 1580. The highest BCUT2D eigenvalue weighted by Gasteiger charge is 2.40. The van der Waals surface area contributed by atoms with Crippen LogP contribution >= 0.6 is 20.2 Å². The number of carbonyl (C=O) groups excluding carboxylic acids is 2. The van der Waals surface area contributed by atoms with Crippen LogP contribution in [0.3, 0.4) is 0 Å². The van der Waals surface area contributed by atoms with Gasteiger partial charge in [0.2, 0.25) is 0 Å². The van der Waals surface area contributed by atoms with E-state index in [0.717, 1.165) is 27.6 Å². The number of aromatic hydroxyl groups is 1. The van der Waals surface area contributed by atoms with E-state index in [0.29, 0.717) is 8.58 Å². The first kappa shape index (κ1) is 29.6. The van der Waals surface area contributed by atoms with E-state index in [2.05, 4.69) is 11.4 Å². The van der Waals surface area contributed by atoms with Crippen molar-refractivity contribution in [1.82, 2.24) is 5.32 Å². The van der Waals surface area contributed by atoms with Crippen molar-refractivity contribution < 1.29 is 24.5 Å². The topological polar surface area (TPSA) is 95.9 Å². The van der Waals surface area contributed by atoms with Crippen LogP contribution in [-0.2, 0) is 27.4 Å². The lowest BCUT2D eigenvalue weighted by Crippen LogP contribution is -2.44. The summed E-state index contributed by atoms with van der Waals surface area (Å²) in [7, 11) is 0.451. The van der Waals surface area contributed by atoms with E-state index < -0.39 is 17.9 Å². The van der Waals surface area contributed by atoms with E-state index in [4.69, 9.17) is 16.3 Å². The van der Waals surface area contributed by atoms with Crippen molar-refractivity contribution in [2.24, 2.45) is 11.8 Å². The second-order valence-electron chi connectivity index (χ2n) is 10.7. The molecule has 0 saturated carbocycles. The molecule has 5 atom stereocenters. The van der Waals surface area contributed by atoms with Gasteiger partial charge in [0.25, 0.3) is 5.91 Å². The van der Waals surface area contributed by atoms with Gasteiger partial charge in [-0.2, -0.15) is 0 Å². The molecule has 3 aromatic carbocycles. The molecule has 0 aromatic heterocycles. The molecule has 8 heteroatoms. The first-order valence-corrected chi connectivity index (χ1v) is 15.3. The number of aliphatic hydroxyl groups excluding tert-OH is 1. The molecule has 0 radical (unpaired) electrons. The number of aryl methyl sites for hydroxylation is 1. The van der Waals surface area contributed by atoms with Gasteiger partial charge in [0.1, 0.15) is 24.2 Å². The maximum Gasteiger partial charge on any atom is 0.329 e. The summed E-state index contributed by atoms with van der Waals surface area (Å²) >= 11 is 6.75. The van der Waals surface area contributed by atoms with Gasteiger partial charge in [-0.15, -0.1) is 0 Å². The molecule has 5 rings (SSSR count). The van der Waals surface area contributed by atoms with Crippen LogP contribution in [0.15, 0.2) is 113 Å². The van der Waals surface area contributed by atoms with Crippen LogP contribution < -0.4 is 10.6 Å². The Hall–Kier alpha value is -3.86. The lowest BCUT2D eigenvalue weighted by atomic mass is 9.83. The quantitative estimate of drug-likeness (QED) is 0.151. The van der Waals surface area contributed by atoms with Gasteiger partial charge in [-0.3, -0.25) is 4.79 Å². The highest BCUT2D eigenvalue weighted by molar-refractivity contribution is 7.49. The number of hydrogen-bond donors (Lipinski definition) is 3. The Morgan fingerprint density at radius 1 is 0.976 bits per heavy atom. The zero-order valence-corrected chi connectivity index (χ0v) is 25.1. The minimum Gasteiger partial charge on any atom is -0.508 e. The van der Waals surface area contributed by atoms with Gasteiger partial charge in [0.05, 0.1) is 5.57 Å². The predicted octanol–water partition coefficient (Wildman–Crippen LogP) is 5.98. The summed E-state index contributed by atoms with van der Waals surface area (Å²) in [4.78, 5) is 26.8. The summed E-state index contributed by atoms with van der Waals surface area (Å²) in [6.07, 6.45) is 4.04.